The smallest absolute Gasteiger partial charge is 0.263 e. The Balaban J connectivity index is 1.44. The number of fused-ring (bicyclic) bond motifs is 1. The molecule has 1 spiro atoms. The number of amides is 1. The third kappa shape index (κ3) is 2.71. The Kier molecular flexibility index (Phi) is 3.99. The molecule has 0 radical (unpaired) electrons. The fourth-order valence-electron chi connectivity index (χ4n) is 4.34. The van der Waals surface area contributed by atoms with Gasteiger partial charge < -0.3 is 10.2 Å². The summed E-state index contributed by atoms with van der Waals surface area (Å²) in [5.41, 5.74) is 1.95. The van der Waals surface area contributed by atoms with Crippen LogP contribution in [0.5, 0.6) is 0 Å². The summed E-state index contributed by atoms with van der Waals surface area (Å²) in [6.45, 7) is 4.21. The summed E-state index contributed by atoms with van der Waals surface area (Å²) in [5.74, 6) is 0.291. The van der Waals surface area contributed by atoms with Gasteiger partial charge in [-0.1, -0.05) is 6.42 Å². The van der Waals surface area contributed by atoms with E-state index in [1.54, 1.807) is 11.3 Å². The van der Waals surface area contributed by atoms with Crippen LogP contribution in [-0.4, -0.2) is 37.0 Å². The quantitative estimate of drug-likeness (QED) is 0.806. The maximum atomic E-state index is 12.8. The Hall–Kier alpha value is -0.870. The zero-order valence-corrected chi connectivity index (χ0v) is 14.1. The molecule has 2 saturated heterocycles. The molecule has 0 aromatic carbocycles. The van der Waals surface area contributed by atoms with Crippen LogP contribution in [0.3, 0.4) is 0 Å². The SMILES string of the molecule is O=C(c1cc2c(s1)CCCCC2)N1CCC2(CCNC2)CC1. The van der Waals surface area contributed by atoms with Gasteiger partial charge in [-0.25, -0.2) is 0 Å². The minimum Gasteiger partial charge on any atom is -0.338 e. The van der Waals surface area contributed by atoms with E-state index >= 15 is 0 Å². The molecule has 1 N–H and O–H groups in total. The molecule has 1 amide bonds. The van der Waals surface area contributed by atoms with E-state index in [2.05, 4.69) is 16.3 Å². The van der Waals surface area contributed by atoms with Crippen LogP contribution >= 0.6 is 11.3 Å². The molecule has 0 bridgehead atoms. The number of nitrogens with zero attached hydrogens (tertiary/aromatic N) is 1. The molecular formula is C18H26N2OS. The second kappa shape index (κ2) is 5.97. The molecule has 0 saturated carbocycles. The molecular weight excluding hydrogens is 292 g/mol. The number of aryl methyl sites for hydroxylation is 2. The average Bonchev–Trinajstić information content (AvgIpc) is 3.10. The Labute approximate surface area is 137 Å². The van der Waals surface area contributed by atoms with E-state index in [1.807, 2.05) is 0 Å². The molecule has 1 aliphatic carbocycles. The molecule has 120 valence electrons. The monoisotopic (exact) mass is 318 g/mol. The summed E-state index contributed by atoms with van der Waals surface area (Å²) >= 11 is 1.77. The standard InChI is InChI=1S/C18H26N2OS/c21-17(16-12-14-4-2-1-3-5-15(14)22-16)20-10-7-18(8-11-20)6-9-19-13-18/h12,19H,1-11,13H2. The van der Waals surface area contributed by atoms with Gasteiger partial charge in [-0.05, 0) is 68.5 Å². The van der Waals surface area contributed by atoms with Crippen molar-refractivity contribution in [2.75, 3.05) is 26.2 Å². The summed E-state index contributed by atoms with van der Waals surface area (Å²) in [7, 11) is 0. The van der Waals surface area contributed by atoms with Crippen LogP contribution in [0.4, 0.5) is 0 Å². The average molecular weight is 318 g/mol. The van der Waals surface area contributed by atoms with Gasteiger partial charge in [0.05, 0.1) is 4.88 Å². The van der Waals surface area contributed by atoms with Gasteiger partial charge in [0.1, 0.15) is 0 Å². The molecule has 1 aromatic heterocycles. The zero-order chi connectivity index (χ0) is 15.0. The van der Waals surface area contributed by atoms with E-state index < -0.39 is 0 Å². The number of hydrogen-bond donors (Lipinski definition) is 1. The first-order valence-electron chi connectivity index (χ1n) is 8.87. The van der Waals surface area contributed by atoms with Crippen LogP contribution < -0.4 is 5.32 Å². The molecule has 3 heterocycles. The maximum Gasteiger partial charge on any atom is 0.263 e. The van der Waals surface area contributed by atoms with Crippen molar-refractivity contribution in [3.63, 3.8) is 0 Å². The van der Waals surface area contributed by atoms with Crippen molar-refractivity contribution in [2.24, 2.45) is 5.41 Å². The summed E-state index contributed by atoms with van der Waals surface area (Å²) < 4.78 is 0. The van der Waals surface area contributed by atoms with Crippen molar-refractivity contribution in [1.82, 2.24) is 10.2 Å². The Morgan fingerprint density at radius 2 is 1.95 bits per heavy atom. The molecule has 3 aliphatic rings. The van der Waals surface area contributed by atoms with Gasteiger partial charge in [-0.15, -0.1) is 11.3 Å². The van der Waals surface area contributed by atoms with Crippen LogP contribution in [0.15, 0.2) is 6.07 Å². The fourth-order valence-corrected chi connectivity index (χ4v) is 5.56. The summed E-state index contributed by atoms with van der Waals surface area (Å²) in [6, 6.07) is 2.20. The Morgan fingerprint density at radius 1 is 1.14 bits per heavy atom. The number of thiophene rings is 1. The number of carbonyl (C=O) groups is 1. The lowest BCUT2D eigenvalue weighted by Crippen LogP contribution is -2.43. The van der Waals surface area contributed by atoms with Gasteiger partial charge in [0.2, 0.25) is 0 Å². The minimum atomic E-state index is 0.291. The molecule has 3 nitrogen and oxygen atoms in total. The second-order valence-electron chi connectivity index (χ2n) is 7.34. The van der Waals surface area contributed by atoms with E-state index in [9.17, 15) is 4.79 Å². The number of nitrogens with one attached hydrogen (secondary N) is 1. The maximum absolute atomic E-state index is 12.8. The van der Waals surface area contributed by atoms with Crippen molar-refractivity contribution in [3.8, 4) is 0 Å². The van der Waals surface area contributed by atoms with Crippen LogP contribution in [0.1, 0.15) is 58.6 Å². The largest absolute Gasteiger partial charge is 0.338 e. The Morgan fingerprint density at radius 3 is 2.73 bits per heavy atom. The Bertz CT molecular complexity index is 526. The van der Waals surface area contributed by atoms with Crippen molar-refractivity contribution in [1.29, 1.82) is 0 Å². The van der Waals surface area contributed by atoms with Gasteiger partial charge in [0.15, 0.2) is 0 Å². The van der Waals surface area contributed by atoms with E-state index in [4.69, 9.17) is 0 Å². The highest BCUT2D eigenvalue weighted by Crippen LogP contribution is 2.38. The summed E-state index contributed by atoms with van der Waals surface area (Å²) in [5, 5.41) is 3.50. The van der Waals surface area contributed by atoms with E-state index in [0.29, 0.717) is 11.3 Å². The number of likely N-dealkylation sites (tertiary alicyclic amines) is 1. The van der Waals surface area contributed by atoms with E-state index in [0.717, 1.165) is 31.1 Å². The third-order valence-electron chi connectivity index (χ3n) is 5.90. The molecule has 0 atom stereocenters. The molecule has 4 rings (SSSR count). The first-order valence-corrected chi connectivity index (χ1v) is 9.69. The highest BCUT2D eigenvalue weighted by Gasteiger charge is 2.38. The van der Waals surface area contributed by atoms with Crippen molar-refractivity contribution in [2.45, 2.75) is 51.4 Å². The highest BCUT2D eigenvalue weighted by molar-refractivity contribution is 7.14. The van der Waals surface area contributed by atoms with Crippen molar-refractivity contribution in [3.05, 3.63) is 21.4 Å². The molecule has 0 unspecified atom stereocenters. The number of piperidine rings is 1. The van der Waals surface area contributed by atoms with E-state index in [1.165, 1.54) is 61.8 Å². The lowest BCUT2D eigenvalue weighted by Gasteiger charge is -2.38. The number of carbonyl (C=O) groups excluding carboxylic acids is 1. The van der Waals surface area contributed by atoms with Gasteiger partial charge in [-0.2, -0.15) is 0 Å². The first-order chi connectivity index (χ1) is 10.8. The van der Waals surface area contributed by atoms with Crippen molar-refractivity contribution >= 4 is 17.2 Å². The van der Waals surface area contributed by atoms with Gasteiger partial charge in [0.25, 0.3) is 5.91 Å². The molecule has 4 heteroatoms. The normalized spacial score (nSPS) is 24.3. The fraction of sp³-hybridized carbons (Fsp3) is 0.722. The first kappa shape index (κ1) is 14.7. The van der Waals surface area contributed by atoms with Gasteiger partial charge >= 0.3 is 0 Å². The van der Waals surface area contributed by atoms with Gasteiger partial charge in [-0.3, -0.25) is 4.79 Å². The highest BCUT2D eigenvalue weighted by atomic mass is 32.1. The molecule has 1 aromatic rings. The predicted octanol–water partition coefficient (Wildman–Crippen LogP) is 3.23. The topological polar surface area (TPSA) is 32.3 Å². The van der Waals surface area contributed by atoms with E-state index in [-0.39, 0.29) is 0 Å². The van der Waals surface area contributed by atoms with Gasteiger partial charge in [0, 0.05) is 24.5 Å². The van der Waals surface area contributed by atoms with Crippen LogP contribution in [0, 0.1) is 5.41 Å². The number of hydrogen-bond acceptors (Lipinski definition) is 3. The van der Waals surface area contributed by atoms with Crippen LogP contribution in [0.25, 0.3) is 0 Å². The zero-order valence-electron chi connectivity index (χ0n) is 13.3. The molecule has 22 heavy (non-hydrogen) atoms. The summed E-state index contributed by atoms with van der Waals surface area (Å²) in [4.78, 5) is 17.4. The predicted molar refractivity (Wildman–Crippen MR) is 90.6 cm³/mol. The summed E-state index contributed by atoms with van der Waals surface area (Å²) in [6.07, 6.45) is 9.93. The van der Waals surface area contributed by atoms with Crippen molar-refractivity contribution < 1.29 is 4.79 Å². The number of rotatable bonds is 1. The third-order valence-corrected chi connectivity index (χ3v) is 7.13. The minimum absolute atomic E-state index is 0.291. The van der Waals surface area contributed by atoms with Crippen LogP contribution in [-0.2, 0) is 12.8 Å². The lowest BCUT2D eigenvalue weighted by atomic mass is 9.78. The molecule has 2 fully saturated rings. The van der Waals surface area contributed by atoms with Crippen LogP contribution in [0.2, 0.25) is 0 Å². The lowest BCUT2D eigenvalue weighted by molar-refractivity contribution is 0.0612. The second-order valence-corrected chi connectivity index (χ2v) is 8.48. The molecule has 2 aliphatic heterocycles.